The Kier molecular flexibility index (Phi) is 4.84. The van der Waals surface area contributed by atoms with E-state index < -0.39 is 6.10 Å². The monoisotopic (exact) mass is 418 g/mol. The number of aliphatic hydroxyl groups is 1. The molecule has 0 amide bonds. The summed E-state index contributed by atoms with van der Waals surface area (Å²) >= 11 is 1.74. The van der Waals surface area contributed by atoms with Gasteiger partial charge in [-0.1, -0.05) is 12.1 Å². The van der Waals surface area contributed by atoms with Crippen molar-refractivity contribution in [2.75, 3.05) is 5.32 Å². The minimum absolute atomic E-state index is 0.180. The maximum atomic E-state index is 10.8. The third-order valence-corrected chi connectivity index (χ3v) is 6.74. The molecule has 0 spiro atoms. The number of hydrogen-bond donors (Lipinski definition) is 3. The Hall–Kier alpha value is -3.03. The molecule has 1 aliphatic rings. The van der Waals surface area contributed by atoms with Gasteiger partial charge in [0.2, 0.25) is 0 Å². The zero-order valence-corrected chi connectivity index (χ0v) is 17.4. The Bertz CT molecular complexity index is 1190. The van der Waals surface area contributed by atoms with Crippen molar-refractivity contribution in [1.82, 2.24) is 15.0 Å². The van der Waals surface area contributed by atoms with Crippen LogP contribution < -0.4 is 5.32 Å². The maximum Gasteiger partial charge on any atom is 0.164 e. The maximum absolute atomic E-state index is 10.8. The molecular weight excluding hydrogens is 396 g/mol. The number of thiophene rings is 1. The van der Waals surface area contributed by atoms with Gasteiger partial charge in [-0.15, -0.1) is 11.3 Å². The van der Waals surface area contributed by atoms with Crippen LogP contribution in [0, 0.1) is 0 Å². The van der Waals surface area contributed by atoms with E-state index in [9.17, 15) is 10.2 Å². The number of nitrogens with one attached hydrogen (secondary N) is 1. The summed E-state index contributed by atoms with van der Waals surface area (Å²) in [7, 11) is 0. The van der Waals surface area contributed by atoms with Crippen molar-refractivity contribution >= 4 is 27.4 Å². The fourth-order valence-corrected chi connectivity index (χ4v) is 5.24. The Balaban J connectivity index is 1.55. The van der Waals surface area contributed by atoms with Gasteiger partial charge in [0.15, 0.2) is 5.82 Å². The van der Waals surface area contributed by atoms with Crippen molar-refractivity contribution in [3.63, 3.8) is 0 Å². The quantitative estimate of drug-likeness (QED) is 0.443. The fraction of sp³-hybridized carbons (Fsp3) is 0.261. The summed E-state index contributed by atoms with van der Waals surface area (Å²) in [6, 6.07) is 10.2. The lowest BCUT2D eigenvalue weighted by molar-refractivity contribution is 0.160. The molecule has 0 aliphatic heterocycles. The summed E-state index contributed by atoms with van der Waals surface area (Å²) in [4.78, 5) is 16.2. The summed E-state index contributed by atoms with van der Waals surface area (Å²) in [5.74, 6) is 1.56. The number of rotatable bonds is 5. The van der Waals surface area contributed by atoms with Crippen LogP contribution in [0.1, 0.15) is 35.5 Å². The second-order valence-corrected chi connectivity index (χ2v) is 8.73. The van der Waals surface area contributed by atoms with Crippen LogP contribution in [0.4, 0.5) is 5.82 Å². The predicted molar refractivity (Wildman–Crippen MR) is 119 cm³/mol. The largest absolute Gasteiger partial charge is 0.508 e. The lowest BCUT2D eigenvalue weighted by atomic mass is 10.0. The second kappa shape index (κ2) is 7.66. The molecule has 5 rings (SSSR count). The molecule has 1 aliphatic carbocycles. The highest BCUT2D eigenvalue weighted by molar-refractivity contribution is 7.19. The Morgan fingerprint density at radius 3 is 2.70 bits per heavy atom. The molecule has 1 aromatic carbocycles. The Morgan fingerprint density at radius 2 is 1.93 bits per heavy atom. The number of fused-ring (bicyclic) bond motifs is 3. The van der Waals surface area contributed by atoms with Gasteiger partial charge in [-0.25, -0.2) is 9.97 Å². The van der Waals surface area contributed by atoms with Crippen molar-refractivity contribution in [3.05, 3.63) is 64.8 Å². The van der Waals surface area contributed by atoms with Gasteiger partial charge in [0, 0.05) is 22.8 Å². The number of aryl methyl sites for hydroxylation is 2. The first-order valence-corrected chi connectivity index (χ1v) is 10.9. The van der Waals surface area contributed by atoms with E-state index in [-0.39, 0.29) is 11.8 Å². The first-order valence-electron chi connectivity index (χ1n) is 10.1. The average molecular weight is 419 g/mol. The molecule has 30 heavy (non-hydrogen) atoms. The molecule has 0 saturated heterocycles. The van der Waals surface area contributed by atoms with E-state index >= 15 is 0 Å². The van der Waals surface area contributed by atoms with Crippen LogP contribution in [0.3, 0.4) is 0 Å². The standard InChI is InChI=1S/C23H22N4O2S/c1-13(20(29)14-7-9-16(28)10-8-14)25-22-19-17-5-2-6-18(17)30-23(19)27-21(26-22)15-4-3-11-24-12-15/h3-4,7-13,20,28-29H,2,5-6H2,1H3,(H,25,26,27)/t13-,20+/m0/s1. The smallest absolute Gasteiger partial charge is 0.164 e. The number of aliphatic hydroxyl groups excluding tert-OH is 1. The third-order valence-electron chi connectivity index (χ3n) is 5.56. The minimum Gasteiger partial charge on any atom is -0.508 e. The average Bonchev–Trinajstić information content (AvgIpc) is 3.35. The highest BCUT2D eigenvalue weighted by Crippen LogP contribution is 2.41. The van der Waals surface area contributed by atoms with Crippen LogP contribution in [0.2, 0.25) is 0 Å². The van der Waals surface area contributed by atoms with Gasteiger partial charge in [-0.05, 0) is 61.6 Å². The number of aromatic hydroxyl groups is 1. The number of benzene rings is 1. The summed E-state index contributed by atoms with van der Waals surface area (Å²) in [5, 5.41) is 24.9. The summed E-state index contributed by atoms with van der Waals surface area (Å²) in [5.41, 5.74) is 2.94. The van der Waals surface area contributed by atoms with Crippen LogP contribution in [0.25, 0.3) is 21.6 Å². The molecule has 3 aromatic heterocycles. The van der Waals surface area contributed by atoms with E-state index in [1.54, 1.807) is 48.0 Å². The van der Waals surface area contributed by atoms with Gasteiger partial charge in [0.1, 0.15) is 16.4 Å². The first kappa shape index (κ1) is 19.0. The van der Waals surface area contributed by atoms with Gasteiger partial charge in [0.05, 0.1) is 17.5 Å². The minimum atomic E-state index is -0.746. The molecule has 2 atom stereocenters. The first-order chi connectivity index (χ1) is 14.6. The number of phenols is 1. The lowest BCUT2D eigenvalue weighted by Gasteiger charge is -2.22. The van der Waals surface area contributed by atoms with E-state index in [0.717, 1.165) is 46.4 Å². The second-order valence-electron chi connectivity index (χ2n) is 7.64. The van der Waals surface area contributed by atoms with Crippen LogP contribution in [0.5, 0.6) is 5.75 Å². The van der Waals surface area contributed by atoms with E-state index in [4.69, 9.17) is 9.97 Å². The van der Waals surface area contributed by atoms with Gasteiger partial charge in [0.25, 0.3) is 0 Å². The van der Waals surface area contributed by atoms with Crippen LogP contribution in [0.15, 0.2) is 48.8 Å². The molecule has 0 fully saturated rings. The van der Waals surface area contributed by atoms with E-state index in [1.165, 1.54) is 10.4 Å². The van der Waals surface area contributed by atoms with E-state index in [2.05, 4.69) is 10.3 Å². The predicted octanol–water partition coefficient (Wildman–Crippen LogP) is 4.48. The highest BCUT2D eigenvalue weighted by Gasteiger charge is 2.25. The van der Waals surface area contributed by atoms with Gasteiger partial charge in [-0.3, -0.25) is 4.98 Å². The number of hydrogen-bond acceptors (Lipinski definition) is 7. The van der Waals surface area contributed by atoms with Crippen LogP contribution >= 0.6 is 11.3 Å². The normalized spacial score (nSPS) is 15.1. The van der Waals surface area contributed by atoms with Crippen molar-refractivity contribution in [1.29, 1.82) is 0 Å². The molecule has 4 aromatic rings. The molecule has 7 heteroatoms. The van der Waals surface area contributed by atoms with Gasteiger partial charge in [-0.2, -0.15) is 0 Å². The third kappa shape index (κ3) is 3.40. The molecule has 0 radical (unpaired) electrons. The lowest BCUT2D eigenvalue weighted by Crippen LogP contribution is -2.25. The molecule has 3 heterocycles. The molecule has 6 nitrogen and oxygen atoms in total. The van der Waals surface area contributed by atoms with Crippen molar-refractivity contribution < 1.29 is 10.2 Å². The summed E-state index contributed by atoms with van der Waals surface area (Å²) in [6.07, 6.45) is 6.03. The molecule has 152 valence electrons. The molecule has 0 unspecified atom stereocenters. The number of pyridine rings is 1. The van der Waals surface area contributed by atoms with Crippen molar-refractivity contribution in [3.8, 4) is 17.1 Å². The summed E-state index contributed by atoms with van der Waals surface area (Å²) < 4.78 is 0. The van der Waals surface area contributed by atoms with E-state index in [1.807, 2.05) is 19.1 Å². The Morgan fingerprint density at radius 1 is 1.10 bits per heavy atom. The SMILES string of the molecule is C[C@H](Nc1nc(-c2cccnc2)nc2sc3c(c12)CCC3)[C@@H](O)c1ccc(O)cc1. The van der Waals surface area contributed by atoms with Gasteiger partial charge < -0.3 is 15.5 Å². The zero-order chi connectivity index (χ0) is 20.7. The number of phenolic OH excluding ortho intramolecular Hbond substituents is 1. The Labute approximate surface area is 178 Å². The van der Waals surface area contributed by atoms with Crippen LogP contribution in [-0.4, -0.2) is 31.2 Å². The topological polar surface area (TPSA) is 91.2 Å². The van der Waals surface area contributed by atoms with Crippen molar-refractivity contribution in [2.24, 2.45) is 0 Å². The molecule has 3 N–H and O–H groups in total. The van der Waals surface area contributed by atoms with Crippen molar-refractivity contribution in [2.45, 2.75) is 38.3 Å². The molecular formula is C23H22N4O2S. The number of anilines is 1. The zero-order valence-electron chi connectivity index (χ0n) is 16.5. The number of nitrogens with zero attached hydrogens (tertiary/aromatic N) is 3. The highest BCUT2D eigenvalue weighted by atomic mass is 32.1. The van der Waals surface area contributed by atoms with E-state index in [0.29, 0.717) is 5.82 Å². The molecule has 0 bridgehead atoms. The van der Waals surface area contributed by atoms with Gasteiger partial charge >= 0.3 is 0 Å². The summed E-state index contributed by atoms with van der Waals surface area (Å²) in [6.45, 7) is 1.93. The van der Waals surface area contributed by atoms with Crippen LogP contribution in [-0.2, 0) is 12.8 Å². The molecule has 0 saturated carbocycles. The number of aromatic nitrogens is 3. The fourth-order valence-electron chi connectivity index (χ4n) is 3.98.